The van der Waals surface area contributed by atoms with Gasteiger partial charge in [-0.05, 0) is 59.7 Å². The molecule has 0 radical (unpaired) electrons. The van der Waals surface area contributed by atoms with Crippen molar-refractivity contribution in [3.05, 3.63) is 76.9 Å². The van der Waals surface area contributed by atoms with Crippen molar-refractivity contribution in [2.24, 2.45) is 0 Å². The predicted octanol–water partition coefficient (Wildman–Crippen LogP) is 1.97. The average molecular weight is 410 g/mol. The number of hydrogen-bond donors (Lipinski definition) is 2. The number of aromatic nitrogens is 4. The van der Waals surface area contributed by atoms with Crippen molar-refractivity contribution >= 4 is 11.8 Å². The van der Waals surface area contributed by atoms with Gasteiger partial charge in [-0.1, -0.05) is 24.3 Å². The highest BCUT2D eigenvalue weighted by Gasteiger charge is 2.24. The van der Waals surface area contributed by atoms with Gasteiger partial charge in [0.15, 0.2) is 0 Å². The molecule has 0 saturated heterocycles. The molecule has 1 unspecified atom stereocenters. The van der Waals surface area contributed by atoms with Crippen LogP contribution in [0.25, 0.3) is 0 Å². The van der Waals surface area contributed by atoms with Crippen LogP contribution < -0.4 is 10.6 Å². The molecular weight excluding hydrogens is 387 g/mol. The lowest BCUT2D eigenvalue weighted by atomic mass is 10.0. The molecule has 2 N–H and O–H groups in total. The Morgan fingerprint density at radius 3 is 2.30 bits per heavy atom. The summed E-state index contributed by atoms with van der Waals surface area (Å²) < 4.78 is 14.7. The van der Waals surface area contributed by atoms with Crippen LogP contribution in [0.3, 0.4) is 0 Å². The van der Waals surface area contributed by atoms with Gasteiger partial charge in [-0.15, -0.1) is 5.10 Å². The Morgan fingerprint density at radius 2 is 1.70 bits per heavy atom. The Balaban J connectivity index is 1.69. The largest absolute Gasteiger partial charge is 0.352 e. The first kappa shape index (κ1) is 21.1. The second kappa shape index (κ2) is 9.73. The molecule has 3 aromatic rings. The molecule has 1 aromatic heterocycles. The highest BCUT2D eigenvalue weighted by molar-refractivity contribution is 5.94. The monoisotopic (exact) mass is 410 g/mol. The van der Waals surface area contributed by atoms with Gasteiger partial charge in [0, 0.05) is 25.1 Å². The van der Waals surface area contributed by atoms with E-state index in [9.17, 15) is 14.0 Å². The van der Waals surface area contributed by atoms with Crippen LogP contribution in [0.5, 0.6) is 0 Å². The number of tetrazole rings is 1. The Morgan fingerprint density at radius 1 is 1.03 bits per heavy atom. The van der Waals surface area contributed by atoms with Crippen molar-refractivity contribution in [2.75, 3.05) is 6.54 Å². The Labute approximate surface area is 173 Å². The number of carbonyl (C=O) groups excluding carboxylic acids is 2. The van der Waals surface area contributed by atoms with Crippen molar-refractivity contribution in [1.82, 2.24) is 30.8 Å². The van der Waals surface area contributed by atoms with E-state index in [2.05, 4.69) is 26.2 Å². The smallest absolute Gasteiger partial charge is 0.251 e. The third kappa shape index (κ3) is 5.25. The van der Waals surface area contributed by atoms with E-state index in [0.717, 1.165) is 11.1 Å². The predicted molar refractivity (Wildman–Crippen MR) is 108 cm³/mol. The lowest BCUT2D eigenvalue weighted by molar-refractivity contribution is -0.124. The summed E-state index contributed by atoms with van der Waals surface area (Å²) in [6.45, 7) is 4.42. The molecule has 0 bridgehead atoms. The molecule has 8 nitrogen and oxygen atoms in total. The summed E-state index contributed by atoms with van der Waals surface area (Å²) >= 11 is 0. The first-order valence-electron chi connectivity index (χ1n) is 9.61. The number of carbonyl (C=O) groups is 2. The number of benzene rings is 2. The van der Waals surface area contributed by atoms with Gasteiger partial charge in [-0.3, -0.25) is 9.59 Å². The van der Waals surface area contributed by atoms with Crippen LogP contribution in [-0.4, -0.2) is 38.6 Å². The zero-order valence-corrected chi connectivity index (χ0v) is 16.8. The van der Waals surface area contributed by atoms with Crippen LogP contribution in [0, 0.1) is 12.7 Å². The van der Waals surface area contributed by atoms with Gasteiger partial charge in [0.1, 0.15) is 17.7 Å². The molecule has 0 fully saturated rings. The fraction of sp³-hybridized carbons (Fsp3) is 0.286. The van der Waals surface area contributed by atoms with E-state index in [1.807, 2.05) is 6.92 Å². The number of halogens is 1. The summed E-state index contributed by atoms with van der Waals surface area (Å²) in [6.07, 6.45) is 0.314. The van der Waals surface area contributed by atoms with E-state index in [-0.39, 0.29) is 24.2 Å². The van der Waals surface area contributed by atoms with Gasteiger partial charge in [0.25, 0.3) is 5.91 Å². The number of aryl methyl sites for hydroxylation is 1. The Kier molecular flexibility index (Phi) is 6.84. The lowest BCUT2D eigenvalue weighted by Gasteiger charge is -2.18. The number of rotatable bonds is 8. The summed E-state index contributed by atoms with van der Waals surface area (Å²) in [5, 5.41) is 17.0. The summed E-state index contributed by atoms with van der Waals surface area (Å²) in [6, 6.07) is 12.3. The molecular formula is C21H23FN6O2. The Hall–Kier alpha value is -3.62. The molecule has 3 rings (SSSR count). The maximum absolute atomic E-state index is 13.2. The van der Waals surface area contributed by atoms with E-state index in [4.69, 9.17) is 0 Å². The molecule has 0 saturated carbocycles. The van der Waals surface area contributed by atoms with Crippen LogP contribution in [0.15, 0.2) is 48.5 Å². The van der Waals surface area contributed by atoms with E-state index < -0.39 is 6.04 Å². The third-order valence-electron chi connectivity index (χ3n) is 4.62. The average Bonchev–Trinajstić information content (AvgIpc) is 3.17. The highest BCUT2D eigenvalue weighted by Crippen LogP contribution is 2.16. The normalized spacial score (nSPS) is 11.7. The molecule has 156 valence electrons. The quantitative estimate of drug-likeness (QED) is 0.591. The van der Waals surface area contributed by atoms with Crippen LogP contribution in [-0.2, 0) is 17.8 Å². The van der Waals surface area contributed by atoms with Crippen molar-refractivity contribution in [1.29, 1.82) is 0 Å². The Bertz CT molecular complexity index is 1000. The van der Waals surface area contributed by atoms with Crippen LogP contribution in [0.1, 0.15) is 40.3 Å². The van der Waals surface area contributed by atoms with Crippen LogP contribution in [0.2, 0.25) is 0 Å². The SMILES string of the molecule is CCNC(=O)c1ccc(CNC(=O)C(Cc2ccc(F)cc2)n2nnnc2C)cc1. The summed E-state index contributed by atoms with van der Waals surface area (Å²) in [5.74, 6) is -0.234. The van der Waals surface area contributed by atoms with Gasteiger partial charge >= 0.3 is 0 Å². The molecule has 0 aliphatic carbocycles. The van der Waals surface area contributed by atoms with Crippen molar-refractivity contribution in [3.8, 4) is 0 Å². The molecule has 1 heterocycles. The van der Waals surface area contributed by atoms with Crippen molar-refractivity contribution in [2.45, 2.75) is 32.9 Å². The molecule has 2 amide bonds. The summed E-state index contributed by atoms with van der Waals surface area (Å²) in [7, 11) is 0. The second-order valence-corrected chi connectivity index (χ2v) is 6.79. The molecule has 30 heavy (non-hydrogen) atoms. The van der Waals surface area contributed by atoms with Crippen molar-refractivity contribution in [3.63, 3.8) is 0 Å². The van der Waals surface area contributed by atoms with Crippen LogP contribution in [0.4, 0.5) is 4.39 Å². The van der Waals surface area contributed by atoms with Gasteiger partial charge in [0.05, 0.1) is 0 Å². The molecule has 0 aliphatic rings. The van der Waals surface area contributed by atoms with E-state index in [0.29, 0.717) is 24.4 Å². The summed E-state index contributed by atoms with van der Waals surface area (Å²) in [4.78, 5) is 24.8. The van der Waals surface area contributed by atoms with E-state index in [1.165, 1.54) is 16.8 Å². The molecule has 0 spiro atoms. The fourth-order valence-electron chi connectivity index (χ4n) is 3.00. The first-order chi connectivity index (χ1) is 14.5. The van der Waals surface area contributed by atoms with Gasteiger partial charge in [-0.2, -0.15) is 0 Å². The van der Waals surface area contributed by atoms with E-state index >= 15 is 0 Å². The topological polar surface area (TPSA) is 102 Å². The lowest BCUT2D eigenvalue weighted by Crippen LogP contribution is -2.34. The minimum absolute atomic E-state index is 0.137. The minimum Gasteiger partial charge on any atom is -0.352 e. The zero-order valence-electron chi connectivity index (χ0n) is 16.8. The maximum Gasteiger partial charge on any atom is 0.251 e. The number of nitrogens with one attached hydrogen (secondary N) is 2. The molecule has 0 aliphatic heterocycles. The standard InChI is InChI=1S/C21H23FN6O2/c1-3-23-20(29)17-8-4-16(5-9-17)13-24-21(30)19(28-14(2)25-26-27-28)12-15-6-10-18(22)11-7-15/h4-11,19H,3,12-13H2,1-2H3,(H,23,29)(H,24,30). The minimum atomic E-state index is -0.680. The van der Waals surface area contributed by atoms with Crippen LogP contribution >= 0.6 is 0 Å². The number of hydrogen-bond acceptors (Lipinski definition) is 5. The van der Waals surface area contributed by atoms with Crippen molar-refractivity contribution < 1.29 is 14.0 Å². The third-order valence-corrected chi connectivity index (χ3v) is 4.62. The number of amides is 2. The van der Waals surface area contributed by atoms with Gasteiger partial charge in [-0.25, -0.2) is 9.07 Å². The number of nitrogens with zero attached hydrogens (tertiary/aromatic N) is 4. The molecule has 2 aromatic carbocycles. The molecule has 1 atom stereocenters. The molecule has 9 heteroatoms. The first-order valence-corrected chi connectivity index (χ1v) is 9.61. The van der Waals surface area contributed by atoms with Gasteiger partial charge < -0.3 is 10.6 Å². The summed E-state index contributed by atoms with van der Waals surface area (Å²) in [5.41, 5.74) is 2.20. The highest BCUT2D eigenvalue weighted by atomic mass is 19.1. The van der Waals surface area contributed by atoms with E-state index in [1.54, 1.807) is 43.3 Å². The zero-order chi connectivity index (χ0) is 21.5. The maximum atomic E-state index is 13.2. The second-order valence-electron chi connectivity index (χ2n) is 6.79. The van der Waals surface area contributed by atoms with Gasteiger partial charge in [0.2, 0.25) is 5.91 Å². The fourth-order valence-corrected chi connectivity index (χ4v) is 3.00.